The fraction of sp³-hybridized carbons (Fsp3) is 0.208. The van der Waals surface area contributed by atoms with Gasteiger partial charge in [0.2, 0.25) is 0 Å². The third kappa shape index (κ3) is 4.58. The molecular weight excluding hydrogens is 477 g/mol. The first kappa shape index (κ1) is 22.9. The highest BCUT2D eigenvalue weighted by atomic mass is 35.5. The number of alkyl halides is 2. The van der Waals surface area contributed by atoms with E-state index in [1.165, 1.54) is 17.2 Å². The molecule has 4 aromatic rings. The number of ether oxygens (including phenoxy) is 2. The lowest BCUT2D eigenvalue weighted by molar-refractivity contribution is -0.0410. The van der Waals surface area contributed by atoms with Crippen LogP contribution in [-0.4, -0.2) is 55.7 Å². The van der Waals surface area contributed by atoms with Crippen LogP contribution in [0.2, 0.25) is 0 Å². The van der Waals surface area contributed by atoms with Crippen molar-refractivity contribution in [2.75, 3.05) is 11.9 Å². The van der Waals surface area contributed by atoms with Gasteiger partial charge < -0.3 is 14.8 Å². The number of amides is 1. The quantitative estimate of drug-likeness (QED) is 0.320. The van der Waals surface area contributed by atoms with Crippen molar-refractivity contribution in [1.82, 2.24) is 19.5 Å². The van der Waals surface area contributed by atoms with Crippen LogP contribution >= 0.6 is 11.6 Å². The van der Waals surface area contributed by atoms with Gasteiger partial charge in [-0.25, -0.2) is 24.1 Å². The Labute approximate surface area is 203 Å². The van der Waals surface area contributed by atoms with Crippen LogP contribution < -0.4 is 5.32 Å². The lowest BCUT2D eigenvalue weighted by atomic mass is 10.2. The van der Waals surface area contributed by atoms with E-state index in [-0.39, 0.29) is 18.3 Å². The van der Waals surface area contributed by atoms with E-state index in [0.29, 0.717) is 22.3 Å². The first-order chi connectivity index (χ1) is 17.0. The first-order valence-electron chi connectivity index (χ1n) is 10.7. The predicted molar refractivity (Wildman–Crippen MR) is 125 cm³/mol. The summed E-state index contributed by atoms with van der Waals surface area (Å²) in [5, 5.41) is 1.62. The molecular formula is C24H19ClFN5O4. The average Bonchev–Trinajstić information content (AvgIpc) is 3.45. The number of nitrogens with one attached hydrogen (secondary N) is 1. The van der Waals surface area contributed by atoms with E-state index in [2.05, 4.69) is 20.3 Å². The minimum absolute atomic E-state index is 0.192. The molecule has 11 heteroatoms. The molecule has 5 rings (SSSR count). The second-order valence-corrected chi connectivity index (χ2v) is 8.29. The third-order valence-corrected chi connectivity index (χ3v) is 5.99. The minimum Gasteiger partial charge on any atom is -0.459 e. The SMILES string of the molecule is O=C(Nc1ncnc2c1ncn2[C@@H]1O[C@H](COC(=O)c2ccccc2)[C@@H](F)[C@H]1Cl)c1ccccc1. The molecule has 0 saturated carbocycles. The zero-order chi connectivity index (χ0) is 24.4. The molecule has 0 aliphatic carbocycles. The Morgan fingerprint density at radius 2 is 1.71 bits per heavy atom. The van der Waals surface area contributed by atoms with Crippen molar-refractivity contribution in [3.63, 3.8) is 0 Å². The monoisotopic (exact) mass is 495 g/mol. The number of hydrogen-bond acceptors (Lipinski definition) is 7. The predicted octanol–water partition coefficient (Wildman–Crippen LogP) is 3.78. The normalized spacial score (nSPS) is 21.7. The lowest BCUT2D eigenvalue weighted by Crippen LogP contribution is -2.28. The number of nitrogens with zero attached hydrogens (tertiary/aromatic N) is 4. The Morgan fingerprint density at radius 1 is 1.03 bits per heavy atom. The molecule has 9 nitrogen and oxygen atoms in total. The van der Waals surface area contributed by atoms with Crippen LogP contribution in [-0.2, 0) is 9.47 Å². The van der Waals surface area contributed by atoms with Gasteiger partial charge in [-0.3, -0.25) is 9.36 Å². The van der Waals surface area contributed by atoms with Crippen molar-refractivity contribution in [2.45, 2.75) is 23.9 Å². The Hall–Kier alpha value is -3.89. The molecule has 0 bridgehead atoms. The zero-order valence-corrected chi connectivity index (χ0v) is 18.9. The Kier molecular flexibility index (Phi) is 6.39. The smallest absolute Gasteiger partial charge is 0.338 e. The van der Waals surface area contributed by atoms with Crippen LogP contribution in [0.25, 0.3) is 11.2 Å². The standard InChI is InChI=1S/C24H19ClFN5O4/c25-17-18(26)16(11-34-24(33)15-9-5-2-6-10-15)35-23(17)31-13-29-19-20(27-12-28-21(19)31)30-22(32)14-7-3-1-4-8-14/h1-10,12-13,16-18,23H,11H2,(H,27,28,30,32)/t16-,17-,18-,23-/m1/s1. The summed E-state index contributed by atoms with van der Waals surface area (Å²) in [5.74, 6) is -0.760. The van der Waals surface area contributed by atoms with Crippen molar-refractivity contribution in [3.8, 4) is 0 Å². The number of benzene rings is 2. The molecule has 1 fully saturated rings. The van der Waals surface area contributed by atoms with Crippen LogP contribution in [0.1, 0.15) is 26.9 Å². The van der Waals surface area contributed by atoms with Gasteiger partial charge >= 0.3 is 5.97 Å². The number of esters is 1. The number of rotatable bonds is 6. The molecule has 0 radical (unpaired) electrons. The number of imidazole rings is 1. The summed E-state index contributed by atoms with van der Waals surface area (Å²) in [6.45, 7) is -0.311. The van der Waals surface area contributed by atoms with Gasteiger partial charge in [0.05, 0.1) is 11.9 Å². The maximum atomic E-state index is 14.9. The molecule has 1 aliphatic rings. The summed E-state index contributed by atoms with van der Waals surface area (Å²) in [7, 11) is 0. The molecule has 35 heavy (non-hydrogen) atoms. The zero-order valence-electron chi connectivity index (χ0n) is 18.1. The number of carbonyl (C=O) groups excluding carboxylic acids is 2. The van der Waals surface area contributed by atoms with Crippen molar-refractivity contribution in [2.24, 2.45) is 0 Å². The number of aromatic nitrogens is 4. The fourth-order valence-electron chi connectivity index (χ4n) is 3.76. The second-order valence-electron chi connectivity index (χ2n) is 7.78. The van der Waals surface area contributed by atoms with E-state index in [4.69, 9.17) is 21.1 Å². The average molecular weight is 496 g/mol. The molecule has 1 amide bonds. The van der Waals surface area contributed by atoms with Crippen molar-refractivity contribution >= 4 is 40.5 Å². The van der Waals surface area contributed by atoms with Gasteiger partial charge in [-0.05, 0) is 24.3 Å². The van der Waals surface area contributed by atoms with Crippen molar-refractivity contribution < 1.29 is 23.5 Å². The summed E-state index contributed by atoms with van der Waals surface area (Å²) < 4.78 is 27.4. The molecule has 2 aromatic heterocycles. The number of hydrogen-bond donors (Lipinski definition) is 1. The highest BCUT2D eigenvalue weighted by molar-refractivity contribution is 6.21. The second kappa shape index (κ2) is 9.77. The van der Waals surface area contributed by atoms with Gasteiger partial charge in [0.1, 0.15) is 24.4 Å². The highest BCUT2D eigenvalue weighted by Crippen LogP contribution is 2.37. The van der Waals surface area contributed by atoms with Crippen LogP contribution in [0.5, 0.6) is 0 Å². The third-order valence-electron chi connectivity index (χ3n) is 5.54. The van der Waals surface area contributed by atoms with Crippen molar-refractivity contribution in [3.05, 3.63) is 84.4 Å². The Bertz CT molecular complexity index is 1350. The number of halogens is 2. The van der Waals surface area contributed by atoms with E-state index in [1.807, 2.05) is 0 Å². The summed E-state index contributed by atoms with van der Waals surface area (Å²) >= 11 is 6.35. The Morgan fingerprint density at radius 3 is 2.43 bits per heavy atom. The molecule has 1 aliphatic heterocycles. The van der Waals surface area contributed by atoms with E-state index in [0.717, 1.165) is 0 Å². The molecule has 2 aromatic carbocycles. The topological polar surface area (TPSA) is 108 Å². The van der Waals surface area contributed by atoms with E-state index < -0.39 is 29.8 Å². The van der Waals surface area contributed by atoms with Gasteiger partial charge in [0.15, 0.2) is 29.4 Å². The summed E-state index contributed by atoms with van der Waals surface area (Å²) in [6.07, 6.45) is -1.01. The number of carbonyl (C=O) groups is 2. The summed E-state index contributed by atoms with van der Waals surface area (Å²) in [5.41, 5.74) is 1.39. The largest absolute Gasteiger partial charge is 0.459 e. The van der Waals surface area contributed by atoms with E-state index >= 15 is 0 Å². The minimum atomic E-state index is -1.61. The van der Waals surface area contributed by atoms with Crippen LogP contribution in [0.4, 0.5) is 10.2 Å². The molecule has 1 N–H and O–H groups in total. The maximum Gasteiger partial charge on any atom is 0.338 e. The van der Waals surface area contributed by atoms with Crippen molar-refractivity contribution in [1.29, 1.82) is 0 Å². The molecule has 4 atom stereocenters. The van der Waals surface area contributed by atoms with Gasteiger partial charge in [-0.1, -0.05) is 36.4 Å². The Balaban J connectivity index is 1.32. The molecule has 0 spiro atoms. The van der Waals surface area contributed by atoms with Gasteiger partial charge in [0.25, 0.3) is 5.91 Å². The van der Waals surface area contributed by atoms with Gasteiger partial charge in [-0.2, -0.15) is 0 Å². The summed E-state index contributed by atoms with van der Waals surface area (Å²) in [6, 6.07) is 17.0. The molecule has 178 valence electrons. The summed E-state index contributed by atoms with van der Waals surface area (Å²) in [4.78, 5) is 37.4. The van der Waals surface area contributed by atoms with Crippen LogP contribution in [0, 0.1) is 0 Å². The highest BCUT2D eigenvalue weighted by Gasteiger charge is 2.46. The van der Waals surface area contributed by atoms with E-state index in [9.17, 15) is 14.0 Å². The van der Waals surface area contributed by atoms with Gasteiger partial charge in [-0.15, -0.1) is 11.6 Å². The lowest BCUT2D eigenvalue weighted by Gasteiger charge is -2.16. The van der Waals surface area contributed by atoms with Crippen LogP contribution in [0.15, 0.2) is 73.3 Å². The van der Waals surface area contributed by atoms with E-state index in [1.54, 1.807) is 60.7 Å². The maximum absolute atomic E-state index is 14.9. The van der Waals surface area contributed by atoms with Gasteiger partial charge in [0, 0.05) is 5.56 Å². The van der Waals surface area contributed by atoms with Crippen LogP contribution in [0.3, 0.4) is 0 Å². The number of anilines is 1. The first-order valence-corrected chi connectivity index (χ1v) is 11.2. The number of fused-ring (bicyclic) bond motifs is 1. The molecule has 3 heterocycles. The molecule has 0 unspecified atom stereocenters. The molecule has 1 saturated heterocycles. The fourth-order valence-corrected chi connectivity index (χ4v) is 4.10.